The lowest BCUT2D eigenvalue weighted by Gasteiger charge is -2.10. The number of phenols is 1. The maximum absolute atomic E-state index is 12.5. The van der Waals surface area contributed by atoms with E-state index in [1.165, 1.54) is 24.4 Å². The van der Waals surface area contributed by atoms with E-state index in [0.717, 1.165) is 0 Å². The van der Waals surface area contributed by atoms with Gasteiger partial charge in [0.2, 0.25) is 0 Å². The predicted octanol–water partition coefficient (Wildman–Crippen LogP) is 4.07. The Hall–Kier alpha value is -3.84. The summed E-state index contributed by atoms with van der Waals surface area (Å²) >= 11 is 5.88. The van der Waals surface area contributed by atoms with Crippen LogP contribution in [-0.4, -0.2) is 30.2 Å². The van der Waals surface area contributed by atoms with Gasteiger partial charge in [-0.05, 0) is 54.6 Å². The van der Waals surface area contributed by atoms with E-state index in [2.05, 4.69) is 15.8 Å². The molecule has 0 radical (unpaired) electrons. The number of benzene rings is 3. The molecule has 0 aromatic heterocycles. The zero-order valence-electron chi connectivity index (χ0n) is 15.9. The van der Waals surface area contributed by atoms with Crippen LogP contribution in [0.15, 0.2) is 71.8 Å². The molecular weight excluding hydrogens is 406 g/mol. The first kappa shape index (κ1) is 20.9. The average molecular weight is 424 g/mol. The molecule has 0 bridgehead atoms. The first-order chi connectivity index (χ1) is 14.5. The van der Waals surface area contributed by atoms with Gasteiger partial charge in [0.1, 0.15) is 11.5 Å². The molecule has 0 aliphatic carbocycles. The van der Waals surface area contributed by atoms with Crippen LogP contribution in [-0.2, 0) is 0 Å². The number of rotatable bonds is 6. The molecular formula is C22H18ClN3O4. The highest BCUT2D eigenvalue weighted by molar-refractivity contribution is 6.30. The van der Waals surface area contributed by atoms with E-state index < -0.39 is 5.91 Å². The predicted molar refractivity (Wildman–Crippen MR) is 116 cm³/mol. The maximum atomic E-state index is 12.5. The van der Waals surface area contributed by atoms with Crippen LogP contribution in [0.4, 0.5) is 5.69 Å². The molecule has 3 rings (SSSR count). The van der Waals surface area contributed by atoms with Gasteiger partial charge in [0, 0.05) is 16.1 Å². The first-order valence-electron chi connectivity index (χ1n) is 8.84. The topological polar surface area (TPSA) is 100 Å². The van der Waals surface area contributed by atoms with E-state index in [0.29, 0.717) is 27.6 Å². The summed E-state index contributed by atoms with van der Waals surface area (Å²) in [5, 5.41) is 16.8. The van der Waals surface area contributed by atoms with Crippen molar-refractivity contribution in [3.05, 3.63) is 88.4 Å². The van der Waals surface area contributed by atoms with Gasteiger partial charge in [0.05, 0.1) is 24.6 Å². The fourth-order valence-electron chi connectivity index (χ4n) is 2.58. The molecule has 0 aliphatic rings. The van der Waals surface area contributed by atoms with Gasteiger partial charge in [-0.2, -0.15) is 5.10 Å². The monoisotopic (exact) mass is 423 g/mol. The fourth-order valence-corrected chi connectivity index (χ4v) is 2.76. The largest absolute Gasteiger partial charge is 0.507 e. The molecule has 0 saturated heterocycles. The minimum absolute atomic E-state index is 0.0236. The van der Waals surface area contributed by atoms with Crippen molar-refractivity contribution in [2.24, 2.45) is 5.10 Å². The summed E-state index contributed by atoms with van der Waals surface area (Å²) in [4.78, 5) is 25.0. The van der Waals surface area contributed by atoms with Crippen molar-refractivity contribution in [3.63, 3.8) is 0 Å². The number of para-hydroxylation sites is 1. The Labute approximate surface area is 178 Å². The summed E-state index contributed by atoms with van der Waals surface area (Å²) in [5.74, 6) is -0.289. The molecule has 3 aromatic rings. The van der Waals surface area contributed by atoms with Gasteiger partial charge in [-0.25, -0.2) is 5.43 Å². The number of hydrazone groups is 1. The summed E-state index contributed by atoms with van der Waals surface area (Å²) < 4.78 is 5.08. The molecule has 0 saturated carbocycles. The normalized spacial score (nSPS) is 10.6. The Kier molecular flexibility index (Phi) is 6.67. The second kappa shape index (κ2) is 9.58. The number of amides is 2. The third kappa shape index (κ3) is 5.15. The van der Waals surface area contributed by atoms with Crippen LogP contribution in [0.1, 0.15) is 26.3 Å². The third-order valence-electron chi connectivity index (χ3n) is 4.13. The number of anilines is 1. The Morgan fingerprint density at radius 2 is 1.77 bits per heavy atom. The van der Waals surface area contributed by atoms with Gasteiger partial charge in [0.25, 0.3) is 11.8 Å². The van der Waals surface area contributed by atoms with Gasteiger partial charge in [0.15, 0.2) is 0 Å². The molecule has 3 aromatic carbocycles. The lowest BCUT2D eigenvalue weighted by Crippen LogP contribution is -2.21. The number of phenolic OH excluding ortho intramolecular Hbond substituents is 1. The molecule has 2 amide bonds. The number of nitrogens with zero attached hydrogens (tertiary/aromatic N) is 1. The highest BCUT2D eigenvalue weighted by Gasteiger charge is 2.14. The lowest BCUT2D eigenvalue weighted by atomic mass is 10.1. The Morgan fingerprint density at radius 3 is 2.50 bits per heavy atom. The van der Waals surface area contributed by atoms with Crippen molar-refractivity contribution < 1.29 is 19.4 Å². The summed E-state index contributed by atoms with van der Waals surface area (Å²) in [6, 6.07) is 17.6. The molecule has 7 nitrogen and oxygen atoms in total. The highest BCUT2D eigenvalue weighted by Crippen LogP contribution is 2.20. The molecule has 0 atom stereocenters. The van der Waals surface area contributed by atoms with Crippen molar-refractivity contribution in [3.8, 4) is 11.5 Å². The standard InChI is InChI=1S/C22H18ClN3O4/c1-30-17-9-6-14(7-10-17)21(28)25-19-5-3-2-4-18(19)22(29)26-24-13-15-12-16(23)8-11-20(15)27/h2-13,27H,1H3,(H,25,28)(H,26,29). The second-order valence-corrected chi connectivity index (χ2v) is 6.57. The summed E-state index contributed by atoms with van der Waals surface area (Å²) in [5.41, 5.74) is 3.70. The number of methoxy groups -OCH3 is 1. The first-order valence-corrected chi connectivity index (χ1v) is 9.22. The minimum atomic E-state index is -0.529. The Balaban J connectivity index is 1.72. The molecule has 0 unspecified atom stereocenters. The number of halogens is 1. The zero-order valence-corrected chi connectivity index (χ0v) is 16.7. The van der Waals surface area contributed by atoms with Crippen LogP contribution >= 0.6 is 11.6 Å². The van der Waals surface area contributed by atoms with Crippen LogP contribution in [0.3, 0.4) is 0 Å². The van der Waals surface area contributed by atoms with E-state index in [1.807, 2.05) is 0 Å². The number of ether oxygens (including phenoxy) is 1. The summed E-state index contributed by atoms with van der Waals surface area (Å²) in [6.45, 7) is 0. The van der Waals surface area contributed by atoms with Crippen molar-refractivity contribution in [2.45, 2.75) is 0 Å². The van der Waals surface area contributed by atoms with E-state index in [1.54, 1.807) is 55.6 Å². The smallest absolute Gasteiger partial charge is 0.273 e. The molecule has 0 fully saturated rings. The van der Waals surface area contributed by atoms with Crippen LogP contribution in [0, 0.1) is 0 Å². The summed E-state index contributed by atoms with van der Waals surface area (Å²) in [6.07, 6.45) is 1.28. The van der Waals surface area contributed by atoms with Crippen LogP contribution in [0.25, 0.3) is 0 Å². The zero-order chi connectivity index (χ0) is 21.5. The van der Waals surface area contributed by atoms with Crippen molar-refractivity contribution in [2.75, 3.05) is 12.4 Å². The molecule has 152 valence electrons. The summed E-state index contributed by atoms with van der Waals surface area (Å²) in [7, 11) is 1.54. The quantitative estimate of drug-likeness (QED) is 0.411. The third-order valence-corrected chi connectivity index (χ3v) is 4.37. The number of hydrogen-bond donors (Lipinski definition) is 3. The van der Waals surface area contributed by atoms with Crippen LogP contribution in [0.2, 0.25) is 5.02 Å². The maximum Gasteiger partial charge on any atom is 0.273 e. The number of carbonyl (C=O) groups is 2. The van der Waals surface area contributed by atoms with Crippen molar-refractivity contribution >= 4 is 35.3 Å². The van der Waals surface area contributed by atoms with Gasteiger partial charge < -0.3 is 15.2 Å². The van der Waals surface area contributed by atoms with E-state index >= 15 is 0 Å². The van der Waals surface area contributed by atoms with E-state index in [9.17, 15) is 14.7 Å². The Morgan fingerprint density at radius 1 is 1.03 bits per heavy atom. The minimum Gasteiger partial charge on any atom is -0.507 e. The van der Waals surface area contributed by atoms with Crippen molar-refractivity contribution in [1.82, 2.24) is 5.43 Å². The SMILES string of the molecule is COc1ccc(C(=O)Nc2ccccc2C(=O)NN=Cc2cc(Cl)ccc2O)cc1. The highest BCUT2D eigenvalue weighted by atomic mass is 35.5. The number of carbonyl (C=O) groups excluding carboxylic acids is 2. The molecule has 3 N–H and O–H groups in total. The number of nitrogens with one attached hydrogen (secondary N) is 2. The molecule has 0 aliphatic heterocycles. The molecule has 0 heterocycles. The van der Waals surface area contributed by atoms with Crippen LogP contribution in [0.5, 0.6) is 11.5 Å². The van der Waals surface area contributed by atoms with Gasteiger partial charge in [-0.15, -0.1) is 0 Å². The number of hydrogen-bond acceptors (Lipinski definition) is 5. The molecule has 30 heavy (non-hydrogen) atoms. The van der Waals surface area contributed by atoms with E-state index in [4.69, 9.17) is 16.3 Å². The lowest BCUT2D eigenvalue weighted by molar-refractivity contribution is 0.0956. The van der Waals surface area contributed by atoms with Gasteiger partial charge >= 0.3 is 0 Å². The van der Waals surface area contributed by atoms with Crippen LogP contribution < -0.4 is 15.5 Å². The van der Waals surface area contributed by atoms with Gasteiger partial charge in [-0.3, -0.25) is 9.59 Å². The fraction of sp³-hybridized carbons (Fsp3) is 0.0455. The Bertz CT molecular complexity index is 1100. The van der Waals surface area contributed by atoms with Crippen molar-refractivity contribution in [1.29, 1.82) is 0 Å². The molecule has 8 heteroatoms. The van der Waals surface area contributed by atoms with Gasteiger partial charge in [-0.1, -0.05) is 23.7 Å². The second-order valence-electron chi connectivity index (χ2n) is 6.13. The average Bonchev–Trinajstić information content (AvgIpc) is 2.76. The van der Waals surface area contributed by atoms with E-state index in [-0.39, 0.29) is 17.2 Å². The molecule has 0 spiro atoms. The number of aromatic hydroxyl groups is 1.